The topological polar surface area (TPSA) is 26.0 Å². The van der Waals surface area contributed by atoms with Gasteiger partial charge in [-0.15, -0.1) is 11.8 Å². The second-order valence-electron chi connectivity index (χ2n) is 3.08. The van der Waals surface area contributed by atoms with Gasteiger partial charge in [0.2, 0.25) is 0 Å². The highest BCUT2D eigenvalue weighted by Gasteiger charge is 2.02. The first kappa shape index (κ1) is 10.4. The zero-order valence-corrected chi connectivity index (χ0v) is 8.68. The van der Waals surface area contributed by atoms with Gasteiger partial charge in [0.05, 0.1) is 0 Å². The molecule has 2 N–H and O–H groups in total. The predicted octanol–water partition coefficient (Wildman–Crippen LogP) is 2.68. The van der Waals surface area contributed by atoms with Crippen LogP contribution >= 0.6 is 11.8 Å². The van der Waals surface area contributed by atoms with Crippen molar-refractivity contribution in [3.63, 3.8) is 0 Å². The Kier molecular flexibility index (Phi) is 4.06. The molecule has 0 aliphatic carbocycles. The molecule has 2 heteroatoms. The van der Waals surface area contributed by atoms with Crippen molar-refractivity contribution in [2.45, 2.75) is 17.9 Å². The highest BCUT2D eigenvalue weighted by molar-refractivity contribution is 7.99. The van der Waals surface area contributed by atoms with Crippen LogP contribution in [-0.2, 0) is 0 Å². The lowest BCUT2D eigenvalue weighted by atomic mass is 10.2. The standard InChI is InChI=1S/C11H15NS/c1-9(2)11(12)8-13-10-6-4-3-5-7-10/h3-7,11H,1,8,12H2,2H3. The summed E-state index contributed by atoms with van der Waals surface area (Å²) in [6, 6.07) is 10.4. The maximum Gasteiger partial charge on any atom is 0.0343 e. The normalized spacial score (nSPS) is 12.5. The van der Waals surface area contributed by atoms with Gasteiger partial charge in [0.15, 0.2) is 0 Å². The van der Waals surface area contributed by atoms with Crippen LogP contribution in [0.15, 0.2) is 47.4 Å². The molecule has 1 unspecified atom stereocenters. The maximum absolute atomic E-state index is 5.84. The lowest BCUT2D eigenvalue weighted by Crippen LogP contribution is -2.23. The largest absolute Gasteiger partial charge is 0.324 e. The molecule has 0 saturated heterocycles. The minimum absolute atomic E-state index is 0.102. The Morgan fingerprint density at radius 3 is 2.62 bits per heavy atom. The second kappa shape index (κ2) is 5.10. The quantitative estimate of drug-likeness (QED) is 0.587. The summed E-state index contributed by atoms with van der Waals surface area (Å²) in [6.07, 6.45) is 0. The van der Waals surface area contributed by atoms with E-state index < -0.39 is 0 Å². The van der Waals surface area contributed by atoms with Crippen molar-refractivity contribution in [1.29, 1.82) is 0 Å². The Bertz CT molecular complexity index is 269. The minimum atomic E-state index is 0.102. The first-order chi connectivity index (χ1) is 6.20. The number of hydrogen-bond acceptors (Lipinski definition) is 2. The van der Waals surface area contributed by atoms with E-state index in [1.165, 1.54) is 4.90 Å². The van der Waals surface area contributed by atoms with Gasteiger partial charge < -0.3 is 5.73 Å². The van der Waals surface area contributed by atoms with Gasteiger partial charge in [0, 0.05) is 16.7 Å². The molecule has 0 bridgehead atoms. The molecule has 1 atom stereocenters. The Morgan fingerprint density at radius 1 is 1.46 bits per heavy atom. The summed E-state index contributed by atoms with van der Waals surface area (Å²) in [6.45, 7) is 5.80. The Balaban J connectivity index is 2.39. The monoisotopic (exact) mass is 193 g/mol. The van der Waals surface area contributed by atoms with E-state index in [9.17, 15) is 0 Å². The summed E-state index contributed by atoms with van der Waals surface area (Å²) >= 11 is 1.77. The van der Waals surface area contributed by atoms with Crippen LogP contribution in [0.3, 0.4) is 0 Å². The van der Waals surface area contributed by atoms with Gasteiger partial charge in [0.25, 0.3) is 0 Å². The van der Waals surface area contributed by atoms with E-state index in [-0.39, 0.29) is 6.04 Å². The third-order valence-corrected chi connectivity index (χ3v) is 2.94. The molecule has 1 nitrogen and oxygen atoms in total. The second-order valence-corrected chi connectivity index (χ2v) is 4.17. The van der Waals surface area contributed by atoms with E-state index in [1.54, 1.807) is 11.8 Å². The molecule has 0 radical (unpaired) electrons. The number of rotatable bonds is 4. The molecule has 0 aromatic heterocycles. The Hall–Kier alpha value is -0.730. The number of benzene rings is 1. The van der Waals surface area contributed by atoms with Gasteiger partial charge in [-0.1, -0.05) is 30.4 Å². The predicted molar refractivity (Wildman–Crippen MR) is 60.0 cm³/mol. The van der Waals surface area contributed by atoms with Crippen molar-refractivity contribution in [2.75, 3.05) is 5.75 Å². The molecule has 1 rings (SSSR count). The van der Waals surface area contributed by atoms with Crippen LogP contribution in [0.4, 0.5) is 0 Å². The van der Waals surface area contributed by atoms with Crippen molar-refractivity contribution in [3.8, 4) is 0 Å². The van der Waals surface area contributed by atoms with Crippen LogP contribution in [0.5, 0.6) is 0 Å². The molecular formula is C11H15NS. The smallest absolute Gasteiger partial charge is 0.0343 e. The summed E-state index contributed by atoms with van der Waals surface area (Å²) in [5.74, 6) is 0.902. The minimum Gasteiger partial charge on any atom is -0.324 e. The van der Waals surface area contributed by atoms with E-state index in [2.05, 4.69) is 18.7 Å². The average molecular weight is 193 g/mol. The molecule has 70 valence electrons. The van der Waals surface area contributed by atoms with Crippen LogP contribution in [0.25, 0.3) is 0 Å². The SMILES string of the molecule is C=C(C)C(N)CSc1ccccc1. The molecule has 1 aromatic rings. The zero-order chi connectivity index (χ0) is 9.68. The van der Waals surface area contributed by atoms with Crippen LogP contribution < -0.4 is 5.73 Å². The summed E-state index contributed by atoms with van der Waals surface area (Å²) in [7, 11) is 0. The van der Waals surface area contributed by atoms with Crippen molar-refractivity contribution >= 4 is 11.8 Å². The lowest BCUT2D eigenvalue weighted by molar-refractivity contribution is 0.878. The summed E-state index contributed by atoms with van der Waals surface area (Å²) < 4.78 is 0. The molecule has 0 amide bonds. The highest BCUT2D eigenvalue weighted by Crippen LogP contribution is 2.18. The van der Waals surface area contributed by atoms with E-state index in [0.717, 1.165) is 11.3 Å². The first-order valence-corrected chi connectivity index (χ1v) is 5.27. The summed E-state index contributed by atoms with van der Waals surface area (Å²) in [5.41, 5.74) is 6.89. The molecule has 0 aliphatic rings. The van der Waals surface area contributed by atoms with Gasteiger partial charge in [0.1, 0.15) is 0 Å². The van der Waals surface area contributed by atoms with Crippen LogP contribution in [0.1, 0.15) is 6.92 Å². The molecule has 1 aromatic carbocycles. The fourth-order valence-corrected chi connectivity index (χ4v) is 1.85. The average Bonchev–Trinajstić information content (AvgIpc) is 2.15. The number of nitrogens with two attached hydrogens (primary N) is 1. The zero-order valence-electron chi connectivity index (χ0n) is 7.86. The van der Waals surface area contributed by atoms with Crippen LogP contribution in [0, 0.1) is 0 Å². The van der Waals surface area contributed by atoms with Gasteiger partial charge in [-0.3, -0.25) is 0 Å². The van der Waals surface area contributed by atoms with E-state index in [0.29, 0.717) is 0 Å². The maximum atomic E-state index is 5.84. The van der Waals surface area contributed by atoms with Gasteiger partial charge in [-0.05, 0) is 19.1 Å². The Morgan fingerprint density at radius 2 is 2.08 bits per heavy atom. The van der Waals surface area contributed by atoms with E-state index >= 15 is 0 Å². The fraction of sp³-hybridized carbons (Fsp3) is 0.273. The molecule has 0 heterocycles. The van der Waals surface area contributed by atoms with Crippen molar-refractivity contribution in [2.24, 2.45) is 5.73 Å². The van der Waals surface area contributed by atoms with Gasteiger partial charge in [-0.2, -0.15) is 0 Å². The van der Waals surface area contributed by atoms with Gasteiger partial charge >= 0.3 is 0 Å². The van der Waals surface area contributed by atoms with E-state index in [1.807, 2.05) is 25.1 Å². The first-order valence-electron chi connectivity index (χ1n) is 4.29. The Labute approximate surface area is 84.0 Å². The molecule has 13 heavy (non-hydrogen) atoms. The van der Waals surface area contributed by atoms with Crippen molar-refractivity contribution < 1.29 is 0 Å². The summed E-state index contributed by atoms with van der Waals surface area (Å²) in [4.78, 5) is 1.26. The molecule has 0 spiro atoms. The van der Waals surface area contributed by atoms with Crippen molar-refractivity contribution in [1.82, 2.24) is 0 Å². The number of thioether (sulfide) groups is 1. The lowest BCUT2D eigenvalue weighted by Gasteiger charge is -2.09. The van der Waals surface area contributed by atoms with E-state index in [4.69, 9.17) is 5.73 Å². The number of hydrogen-bond donors (Lipinski definition) is 1. The summed E-state index contributed by atoms with van der Waals surface area (Å²) in [5, 5.41) is 0. The molecule has 0 fully saturated rings. The van der Waals surface area contributed by atoms with Crippen molar-refractivity contribution in [3.05, 3.63) is 42.5 Å². The molecule has 0 aliphatic heterocycles. The molecule has 0 saturated carbocycles. The van der Waals surface area contributed by atoms with Crippen LogP contribution in [0.2, 0.25) is 0 Å². The van der Waals surface area contributed by atoms with Gasteiger partial charge in [-0.25, -0.2) is 0 Å². The third kappa shape index (κ3) is 3.66. The van der Waals surface area contributed by atoms with Crippen LogP contribution in [-0.4, -0.2) is 11.8 Å². The highest BCUT2D eigenvalue weighted by atomic mass is 32.2. The molecular weight excluding hydrogens is 178 g/mol. The third-order valence-electron chi connectivity index (χ3n) is 1.81. The fourth-order valence-electron chi connectivity index (χ4n) is 0.845.